The minimum absolute atomic E-state index is 0.0714. The maximum absolute atomic E-state index is 12.8. The van der Waals surface area contributed by atoms with E-state index < -0.39 is 4.92 Å². The van der Waals surface area contributed by atoms with Crippen LogP contribution in [0.3, 0.4) is 0 Å². The lowest BCUT2D eigenvalue weighted by Gasteiger charge is -2.12. The Morgan fingerprint density at radius 3 is 2.54 bits per heavy atom. The van der Waals surface area contributed by atoms with Gasteiger partial charge in [-0.2, -0.15) is 0 Å². The largest absolute Gasteiger partial charge is 0.496 e. The molecule has 0 bridgehead atoms. The Morgan fingerprint density at radius 2 is 1.80 bits per heavy atom. The minimum atomic E-state index is -0.470. The van der Waals surface area contributed by atoms with Crippen molar-refractivity contribution < 1.29 is 19.2 Å². The molecule has 1 heterocycles. The number of carbonyl (C=O) groups is 1. The zero-order valence-corrected chi connectivity index (χ0v) is 19.4. The van der Waals surface area contributed by atoms with Gasteiger partial charge in [0.15, 0.2) is 11.5 Å². The van der Waals surface area contributed by atoms with E-state index in [1.807, 2.05) is 66.3 Å². The van der Waals surface area contributed by atoms with Gasteiger partial charge < -0.3 is 14.0 Å². The molecule has 0 aliphatic carbocycles. The van der Waals surface area contributed by atoms with Gasteiger partial charge in [0.1, 0.15) is 12.4 Å². The van der Waals surface area contributed by atoms with Crippen molar-refractivity contribution in [3.63, 3.8) is 0 Å². The highest BCUT2D eigenvalue weighted by atomic mass is 16.6. The molecular weight excluding hydrogens is 444 g/mol. The summed E-state index contributed by atoms with van der Waals surface area (Å²) in [5.74, 6) is 0.655. The molecule has 0 radical (unpaired) electrons. The number of benzene rings is 3. The van der Waals surface area contributed by atoms with Crippen LogP contribution in [0.2, 0.25) is 0 Å². The Balaban J connectivity index is 1.52. The van der Waals surface area contributed by atoms with Gasteiger partial charge in [-0.05, 0) is 66.6 Å². The highest BCUT2D eigenvalue weighted by Gasteiger charge is 2.16. The summed E-state index contributed by atoms with van der Waals surface area (Å²) >= 11 is 0. The molecule has 1 aromatic heterocycles. The maximum Gasteiger partial charge on any atom is 0.310 e. The number of nitrogens with zero attached hydrogens (tertiary/aromatic N) is 2. The van der Waals surface area contributed by atoms with Gasteiger partial charge in [-0.3, -0.25) is 14.9 Å². The van der Waals surface area contributed by atoms with Crippen LogP contribution in [0.15, 0.2) is 91.3 Å². The van der Waals surface area contributed by atoms with E-state index in [1.54, 1.807) is 37.5 Å². The number of aromatic nitrogens is 1. The van der Waals surface area contributed by atoms with E-state index >= 15 is 0 Å². The maximum atomic E-state index is 12.8. The quantitative estimate of drug-likeness (QED) is 0.127. The van der Waals surface area contributed by atoms with Crippen molar-refractivity contribution >= 4 is 17.5 Å². The topological polar surface area (TPSA) is 83.6 Å². The Morgan fingerprint density at radius 1 is 1.00 bits per heavy atom. The predicted molar refractivity (Wildman–Crippen MR) is 134 cm³/mol. The number of nitro benzene ring substituents is 1. The molecule has 0 aliphatic heterocycles. The van der Waals surface area contributed by atoms with Crippen molar-refractivity contribution in [3.8, 4) is 17.2 Å². The summed E-state index contributed by atoms with van der Waals surface area (Å²) in [6.45, 7) is 1.91. The number of hydrogen-bond donors (Lipinski definition) is 0. The lowest BCUT2D eigenvalue weighted by molar-refractivity contribution is -0.386. The molecular formula is C28H24N2O5. The highest BCUT2D eigenvalue weighted by Crippen LogP contribution is 2.30. The predicted octanol–water partition coefficient (Wildman–Crippen LogP) is 6.18. The first-order chi connectivity index (χ1) is 16.9. The van der Waals surface area contributed by atoms with Crippen LogP contribution < -0.4 is 9.47 Å². The summed E-state index contributed by atoms with van der Waals surface area (Å²) in [5, 5.41) is 11.3. The summed E-state index contributed by atoms with van der Waals surface area (Å²) in [6, 6.07) is 21.4. The Kier molecular flexibility index (Phi) is 7.07. The summed E-state index contributed by atoms with van der Waals surface area (Å²) < 4.78 is 13.2. The van der Waals surface area contributed by atoms with Crippen LogP contribution >= 0.6 is 0 Å². The third-order valence-electron chi connectivity index (χ3n) is 5.46. The molecule has 0 amide bonds. The van der Waals surface area contributed by atoms with Crippen LogP contribution in [0.25, 0.3) is 11.8 Å². The fourth-order valence-electron chi connectivity index (χ4n) is 3.65. The van der Waals surface area contributed by atoms with E-state index in [-0.39, 0.29) is 23.8 Å². The van der Waals surface area contributed by atoms with Crippen LogP contribution in [-0.2, 0) is 6.61 Å². The van der Waals surface area contributed by atoms with E-state index in [2.05, 4.69) is 0 Å². The number of rotatable bonds is 9. The monoisotopic (exact) mass is 468 g/mol. The molecule has 0 aliphatic rings. The molecule has 0 atom stereocenters. The number of ether oxygens (including phenoxy) is 2. The SMILES string of the molecule is COc1ccc(/C=C/C(=O)c2cccc(-n3cccc3)c2)cc1COc1cc(C)ccc1[N+](=O)[O-]. The zero-order valence-electron chi connectivity index (χ0n) is 19.4. The van der Waals surface area contributed by atoms with Gasteiger partial charge in [-0.15, -0.1) is 0 Å². The van der Waals surface area contributed by atoms with E-state index in [1.165, 1.54) is 12.1 Å². The van der Waals surface area contributed by atoms with Crippen molar-refractivity contribution in [2.75, 3.05) is 7.11 Å². The second kappa shape index (κ2) is 10.5. The Bertz CT molecular complexity index is 1390. The third kappa shape index (κ3) is 5.65. The van der Waals surface area contributed by atoms with Crippen LogP contribution in [0.4, 0.5) is 5.69 Å². The summed E-state index contributed by atoms with van der Waals surface area (Å²) in [5.41, 5.74) is 3.72. The van der Waals surface area contributed by atoms with Crippen molar-refractivity contribution in [1.29, 1.82) is 0 Å². The summed E-state index contributed by atoms with van der Waals surface area (Å²) in [6.07, 6.45) is 7.09. The molecule has 0 spiro atoms. The second-order valence-corrected chi connectivity index (χ2v) is 7.93. The van der Waals surface area contributed by atoms with Crippen LogP contribution in [0.1, 0.15) is 27.0 Å². The number of carbonyl (C=O) groups excluding carboxylic acids is 1. The number of methoxy groups -OCH3 is 1. The van der Waals surface area contributed by atoms with Crippen molar-refractivity contribution in [2.45, 2.75) is 13.5 Å². The van der Waals surface area contributed by atoms with Gasteiger partial charge in [0.25, 0.3) is 0 Å². The number of aryl methyl sites for hydroxylation is 1. The van der Waals surface area contributed by atoms with Gasteiger partial charge >= 0.3 is 5.69 Å². The molecule has 7 nitrogen and oxygen atoms in total. The van der Waals surface area contributed by atoms with Gasteiger partial charge in [-0.1, -0.05) is 30.3 Å². The van der Waals surface area contributed by atoms with Gasteiger partial charge in [0, 0.05) is 35.3 Å². The molecule has 0 saturated heterocycles. The van der Waals surface area contributed by atoms with E-state index in [4.69, 9.17) is 9.47 Å². The van der Waals surface area contributed by atoms with Crippen LogP contribution in [0, 0.1) is 17.0 Å². The highest BCUT2D eigenvalue weighted by molar-refractivity contribution is 6.07. The fourth-order valence-corrected chi connectivity index (χ4v) is 3.65. The molecule has 0 N–H and O–H groups in total. The van der Waals surface area contributed by atoms with Crippen LogP contribution in [-0.4, -0.2) is 22.4 Å². The Hall–Kier alpha value is -4.65. The normalized spacial score (nSPS) is 10.9. The fraction of sp³-hybridized carbons (Fsp3) is 0.107. The standard InChI is InChI=1S/C28H24N2O5/c1-20-8-11-25(30(32)33)28(16-20)35-19-23-17-21(10-13-27(23)34-2)9-12-26(31)22-6-5-7-24(18-22)29-14-3-4-15-29/h3-18H,19H2,1-2H3/b12-9+. The first kappa shape index (κ1) is 23.5. The van der Waals surface area contributed by atoms with Gasteiger partial charge in [-0.25, -0.2) is 0 Å². The molecule has 35 heavy (non-hydrogen) atoms. The van der Waals surface area contributed by atoms with E-state index in [0.717, 1.165) is 16.8 Å². The molecule has 0 saturated carbocycles. The molecule has 3 aromatic carbocycles. The average molecular weight is 469 g/mol. The number of allylic oxidation sites excluding steroid dienone is 1. The van der Waals surface area contributed by atoms with Crippen molar-refractivity contribution in [2.24, 2.45) is 0 Å². The van der Waals surface area contributed by atoms with Gasteiger partial charge in [0.2, 0.25) is 0 Å². The molecule has 7 heteroatoms. The molecule has 4 rings (SSSR count). The number of ketones is 1. The van der Waals surface area contributed by atoms with E-state index in [0.29, 0.717) is 16.9 Å². The first-order valence-corrected chi connectivity index (χ1v) is 10.9. The zero-order chi connectivity index (χ0) is 24.8. The van der Waals surface area contributed by atoms with Crippen molar-refractivity contribution in [1.82, 2.24) is 4.57 Å². The van der Waals surface area contributed by atoms with Crippen molar-refractivity contribution in [3.05, 3.63) is 124 Å². The third-order valence-corrected chi connectivity index (χ3v) is 5.46. The average Bonchev–Trinajstić information content (AvgIpc) is 3.41. The molecule has 0 fully saturated rings. The van der Waals surface area contributed by atoms with E-state index in [9.17, 15) is 14.9 Å². The number of hydrogen-bond acceptors (Lipinski definition) is 5. The van der Waals surface area contributed by atoms with Crippen LogP contribution in [0.5, 0.6) is 11.5 Å². The first-order valence-electron chi connectivity index (χ1n) is 10.9. The molecule has 0 unspecified atom stereocenters. The molecule has 176 valence electrons. The smallest absolute Gasteiger partial charge is 0.310 e. The Labute approximate surface area is 203 Å². The molecule has 4 aromatic rings. The second-order valence-electron chi connectivity index (χ2n) is 7.93. The number of nitro groups is 1. The lowest BCUT2D eigenvalue weighted by atomic mass is 10.1. The summed E-state index contributed by atoms with van der Waals surface area (Å²) in [7, 11) is 1.55. The lowest BCUT2D eigenvalue weighted by Crippen LogP contribution is -2.02. The summed E-state index contributed by atoms with van der Waals surface area (Å²) in [4.78, 5) is 23.6. The minimum Gasteiger partial charge on any atom is -0.496 e. The van der Waals surface area contributed by atoms with Gasteiger partial charge in [0.05, 0.1) is 12.0 Å².